The van der Waals surface area contributed by atoms with Crippen molar-refractivity contribution in [2.75, 3.05) is 48.3 Å². The number of hydrogen-bond donors (Lipinski definition) is 4. The minimum atomic E-state index is -5.07. The molecule has 0 aliphatic carbocycles. The first-order valence-electron chi connectivity index (χ1n) is 17.2. The second kappa shape index (κ2) is 17.0. The van der Waals surface area contributed by atoms with Crippen molar-refractivity contribution in [3.63, 3.8) is 0 Å². The lowest BCUT2D eigenvalue weighted by Crippen LogP contribution is -2.48. The van der Waals surface area contributed by atoms with Gasteiger partial charge in [-0.05, 0) is 66.7 Å². The topological polar surface area (TPSA) is 151 Å². The van der Waals surface area contributed by atoms with E-state index in [9.17, 15) is 58.7 Å². The van der Waals surface area contributed by atoms with Crippen LogP contribution in [-0.4, -0.2) is 83.6 Å². The van der Waals surface area contributed by atoms with Gasteiger partial charge in [0.2, 0.25) is 0 Å². The number of carbonyl (C=O) groups is 4. The summed E-state index contributed by atoms with van der Waals surface area (Å²) in [5.74, 6) is -1.27. The number of benzene rings is 3. The summed E-state index contributed by atoms with van der Waals surface area (Å²) in [7, 11) is 0. The Kier molecular flexibility index (Phi) is 12.3. The van der Waals surface area contributed by atoms with E-state index in [1.165, 1.54) is 23.5 Å². The van der Waals surface area contributed by atoms with E-state index in [0.29, 0.717) is 55.4 Å². The molecule has 4 N–H and O–H groups in total. The number of imide groups is 1. The van der Waals surface area contributed by atoms with Crippen LogP contribution in [0.3, 0.4) is 0 Å². The van der Waals surface area contributed by atoms with Gasteiger partial charge < -0.3 is 10.6 Å². The molecule has 6 amide bonds. The Hall–Kier alpha value is -6.07. The number of alkyl halides is 9. The summed E-state index contributed by atoms with van der Waals surface area (Å²) in [6, 6.07) is 7.42. The first-order valence-corrected chi connectivity index (χ1v) is 18.1. The molecule has 3 aromatic carbocycles. The lowest BCUT2D eigenvalue weighted by Gasteiger charge is -2.33. The number of carbonyl (C=O) groups excluding carboxylic acids is 4. The summed E-state index contributed by atoms with van der Waals surface area (Å²) in [4.78, 5) is 59.3. The van der Waals surface area contributed by atoms with E-state index in [4.69, 9.17) is 0 Å². The van der Waals surface area contributed by atoms with Crippen LogP contribution in [0.2, 0.25) is 0 Å². The van der Waals surface area contributed by atoms with Gasteiger partial charge in [-0.3, -0.25) is 29.6 Å². The highest BCUT2D eigenvalue weighted by Gasteiger charge is 2.40. The maximum Gasteiger partial charge on any atom is 0.416 e. The highest BCUT2D eigenvalue weighted by Crippen LogP contribution is 2.38. The predicted molar refractivity (Wildman–Crippen MR) is 196 cm³/mol. The van der Waals surface area contributed by atoms with Crippen molar-refractivity contribution >= 4 is 58.5 Å². The van der Waals surface area contributed by atoms with Crippen LogP contribution in [0.1, 0.15) is 22.4 Å². The van der Waals surface area contributed by atoms with Crippen molar-refractivity contribution < 1.29 is 58.7 Å². The molecule has 312 valence electrons. The molecular formula is C36H30F9N9O4S. The lowest BCUT2D eigenvalue weighted by atomic mass is 10.1. The van der Waals surface area contributed by atoms with Gasteiger partial charge in [0, 0.05) is 60.7 Å². The average Bonchev–Trinajstić information content (AvgIpc) is 3.74. The Balaban J connectivity index is 0.945. The predicted octanol–water partition coefficient (Wildman–Crippen LogP) is 6.86. The van der Waals surface area contributed by atoms with E-state index >= 15 is 0 Å². The fourth-order valence-electron chi connectivity index (χ4n) is 5.99. The molecule has 4 aromatic rings. The van der Waals surface area contributed by atoms with E-state index in [1.807, 2.05) is 15.6 Å². The molecule has 3 heterocycles. The number of nitrogens with one attached hydrogen (secondary N) is 4. The van der Waals surface area contributed by atoms with Crippen LogP contribution >= 0.6 is 11.3 Å². The third-order valence-electron chi connectivity index (χ3n) is 8.88. The second-order valence-corrected chi connectivity index (χ2v) is 14.0. The molecule has 2 aliphatic rings. The van der Waals surface area contributed by atoms with Crippen molar-refractivity contribution in [2.45, 2.75) is 31.1 Å². The van der Waals surface area contributed by atoms with Gasteiger partial charge in [-0.1, -0.05) is 0 Å². The highest BCUT2D eigenvalue weighted by atomic mass is 32.1. The normalized spacial score (nSPS) is 17.0. The molecule has 2 aliphatic heterocycles. The first-order chi connectivity index (χ1) is 27.7. The lowest BCUT2D eigenvalue weighted by molar-refractivity contribution is -0.143. The van der Waals surface area contributed by atoms with Gasteiger partial charge >= 0.3 is 30.6 Å². The quantitative estimate of drug-likeness (QED) is 0.0590. The van der Waals surface area contributed by atoms with E-state index in [1.54, 1.807) is 12.1 Å². The van der Waals surface area contributed by atoms with Crippen molar-refractivity contribution in [2.24, 2.45) is 5.10 Å². The number of thiazole rings is 1. The van der Waals surface area contributed by atoms with Crippen molar-refractivity contribution in [3.05, 3.63) is 94.5 Å². The van der Waals surface area contributed by atoms with Gasteiger partial charge in [0.15, 0.2) is 6.04 Å². The Morgan fingerprint density at radius 1 is 0.780 bits per heavy atom. The molecule has 1 aromatic heterocycles. The Bertz CT molecular complexity index is 2190. The number of aromatic nitrogens is 1. The summed E-state index contributed by atoms with van der Waals surface area (Å²) in [5, 5.41) is 12.8. The largest absolute Gasteiger partial charge is 0.416 e. The first kappa shape index (κ1) is 42.5. The molecule has 59 heavy (non-hydrogen) atoms. The van der Waals surface area contributed by atoms with Gasteiger partial charge in [0.25, 0.3) is 11.8 Å². The number of hydrogen-bond acceptors (Lipinski definition) is 9. The SMILES string of the molecule is O=C(CN1CCN(Cc2csc(-c3ccc(NC(=O)Nc4cc(C(F)(F)F)cc(C(F)(F)F)c4)cc3)n2)CC1)N/N=C/C1C(=O)NC(=O)N1c1ccc(C(F)(F)F)cc1. The second-order valence-electron chi connectivity index (χ2n) is 13.1. The minimum Gasteiger partial charge on any atom is -0.308 e. The van der Waals surface area contributed by atoms with Crippen molar-refractivity contribution in [1.82, 2.24) is 25.5 Å². The third-order valence-corrected chi connectivity index (χ3v) is 9.82. The molecular weight excluding hydrogens is 826 g/mol. The number of rotatable bonds is 10. The van der Waals surface area contributed by atoms with E-state index in [-0.39, 0.29) is 24.0 Å². The number of urea groups is 2. The van der Waals surface area contributed by atoms with Crippen LogP contribution in [0.15, 0.2) is 77.2 Å². The number of amides is 6. The van der Waals surface area contributed by atoms with Crippen LogP contribution in [0.4, 0.5) is 66.2 Å². The zero-order chi connectivity index (χ0) is 42.7. The average molecular weight is 856 g/mol. The van der Waals surface area contributed by atoms with E-state index < -0.39 is 70.8 Å². The molecule has 2 saturated heterocycles. The van der Waals surface area contributed by atoms with Crippen LogP contribution < -0.4 is 26.3 Å². The van der Waals surface area contributed by atoms with Crippen LogP contribution in [0, 0.1) is 0 Å². The van der Waals surface area contributed by atoms with Gasteiger partial charge in [-0.15, -0.1) is 11.3 Å². The van der Waals surface area contributed by atoms with E-state index in [0.717, 1.165) is 41.1 Å². The van der Waals surface area contributed by atoms with Crippen molar-refractivity contribution in [1.29, 1.82) is 0 Å². The van der Waals surface area contributed by atoms with Gasteiger partial charge in [0.05, 0.1) is 35.1 Å². The standard InChI is InChI=1S/C36H30F9N9O4S/c37-34(38,39)21-3-7-27(8-4-21)54-28(30(56)50-33(54)58)16-46-51-29(55)18-53-11-9-52(10-12-53)17-26-19-59-31(47-26)20-1-5-24(6-2-20)48-32(57)49-25-14-22(35(40,41)42)13-23(15-25)36(43,44)45/h1-8,13-16,19,28H,9-12,17-18H2,(H,51,55)(H2,48,49,57)(H,50,56,58)/b46-16+. The number of halogens is 9. The summed E-state index contributed by atoms with van der Waals surface area (Å²) < 4.78 is 118. The summed E-state index contributed by atoms with van der Waals surface area (Å²) in [5.41, 5.74) is -0.776. The molecule has 1 unspecified atom stereocenters. The summed E-state index contributed by atoms with van der Waals surface area (Å²) >= 11 is 1.36. The summed E-state index contributed by atoms with van der Waals surface area (Å²) in [6.07, 6.45) is -13.7. The molecule has 23 heteroatoms. The molecule has 2 fully saturated rings. The number of anilines is 3. The fraction of sp³-hybridized carbons (Fsp3) is 0.278. The zero-order valence-electron chi connectivity index (χ0n) is 30.0. The maximum atomic E-state index is 13.2. The van der Waals surface area contributed by atoms with Crippen LogP contribution in [0.25, 0.3) is 10.6 Å². The molecule has 13 nitrogen and oxygen atoms in total. The molecule has 6 rings (SSSR count). The summed E-state index contributed by atoms with van der Waals surface area (Å²) in [6.45, 7) is 2.71. The molecule has 0 radical (unpaired) electrons. The Morgan fingerprint density at radius 3 is 1.95 bits per heavy atom. The Labute approximate surface area is 331 Å². The monoisotopic (exact) mass is 855 g/mol. The fourth-order valence-corrected chi connectivity index (χ4v) is 6.81. The van der Waals surface area contributed by atoms with Crippen molar-refractivity contribution in [3.8, 4) is 10.6 Å². The number of hydrazone groups is 1. The highest BCUT2D eigenvalue weighted by molar-refractivity contribution is 7.13. The van der Waals surface area contributed by atoms with Gasteiger partial charge in [-0.25, -0.2) is 20.0 Å². The molecule has 0 spiro atoms. The van der Waals surface area contributed by atoms with Gasteiger partial charge in [0.1, 0.15) is 5.01 Å². The van der Waals surface area contributed by atoms with E-state index in [2.05, 4.69) is 31.0 Å². The maximum absolute atomic E-state index is 13.2. The minimum absolute atomic E-state index is 0.0180. The number of nitrogens with zero attached hydrogens (tertiary/aromatic N) is 5. The molecule has 1 atom stereocenters. The number of piperazine rings is 1. The molecule has 0 bridgehead atoms. The zero-order valence-corrected chi connectivity index (χ0v) is 30.8. The molecule has 0 saturated carbocycles. The third kappa shape index (κ3) is 10.9. The van der Waals surface area contributed by atoms with Crippen LogP contribution in [-0.2, 0) is 34.7 Å². The van der Waals surface area contributed by atoms with Gasteiger partial charge in [-0.2, -0.15) is 44.6 Å². The smallest absolute Gasteiger partial charge is 0.308 e. The van der Waals surface area contributed by atoms with Crippen LogP contribution in [0.5, 0.6) is 0 Å². The Morgan fingerprint density at radius 2 is 1.36 bits per heavy atom.